The molecule has 4 rings (SSSR count). The summed E-state index contributed by atoms with van der Waals surface area (Å²) < 4.78 is 55.5. The number of hydrogen-bond acceptors (Lipinski definition) is 7. The molecular formula is C21H19F3N4O3. The van der Waals surface area contributed by atoms with Crippen LogP contribution in [0.5, 0.6) is 11.6 Å². The number of nitrogens with zero attached hydrogens (tertiary/aromatic N) is 3. The zero-order chi connectivity index (χ0) is 21.8. The van der Waals surface area contributed by atoms with Gasteiger partial charge < -0.3 is 19.5 Å². The van der Waals surface area contributed by atoms with E-state index in [0.717, 1.165) is 16.8 Å². The average molecular weight is 432 g/mol. The minimum Gasteiger partial charge on any atom is -0.496 e. The predicted molar refractivity (Wildman–Crippen MR) is 106 cm³/mol. The van der Waals surface area contributed by atoms with E-state index in [9.17, 15) is 13.2 Å². The fourth-order valence-electron chi connectivity index (χ4n) is 2.93. The molecular weight excluding hydrogens is 413 g/mol. The number of pyridine rings is 1. The van der Waals surface area contributed by atoms with Crippen molar-refractivity contribution >= 4 is 5.95 Å². The van der Waals surface area contributed by atoms with Crippen LogP contribution in [0.15, 0.2) is 48.8 Å². The van der Waals surface area contributed by atoms with Crippen molar-refractivity contribution in [1.82, 2.24) is 15.0 Å². The number of hydrogen-bond donors (Lipinski definition) is 1. The van der Waals surface area contributed by atoms with Crippen molar-refractivity contribution in [2.45, 2.75) is 18.8 Å². The lowest BCUT2D eigenvalue weighted by Gasteiger charge is -2.27. The molecule has 7 nitrogen and oxygen atoms in total. The van der Waals surface area contributed by atoms with Gasteiger partial charge in [0.15, 0.2) is 0 Å². The first-order valence-electron chi connectivity index (χ1n) is 9.45. The van der Waals surface area contributed by atoms with E-state index in [1.54, 1.807) is 13.3 Å². The molecule has 1 aliphatic rings. The van der Waals surface area contributed by atoms with Crippen molar-refractivity contribution in [3.05, 3.63) is 59.9 Å². The number of nitrogens with one attached hydrogen (secondary N) is 1. The number of rotatable bonds is 7. The van der Waals surface area contributed by atoms with Gasteiger partial charge in [0.25, 0.3) is 0 Å². The Labute approximate surface area is 176 Å². The molecule has 2 aromatic heterocycles. The summed E-state index contributed by atoms with van der Waals surface area (Å²) >= 11 is 0. The molecule has 0 saturated carbocycles. The molecule has 162 valence electrons. The standard InChI is InChI=1S/C21H19F3N4O3/c1-29-18-8-13(17-4-2-3-7-25-17)5-6-14(18)9-26-20-27-10-16(21(22,23)24)19(28-20)31-15-11-30-12-15/h2-8,10,15H,9,11-12H2,1H3,(H,26,27,28). The number of halogens is 3. The van der Waals surface area contributed by atoms with Crippen LogP contribution in [-0.2, 0) is 17.5 Å². The van der Waals surface area contributed by atoms with Crippen LogP contribution in [0.1, 0.15) is 11.1 Å². The largest absolute Gasteiger partial charge is 0.496 e. The highest BCUT2D eigenvalue weighted by Gasteiger charge is 2.37. The van der Waals surface area contributed by atoms with Crippen LogP contribution in [-0.4, -0.2) is 41.4 Å². The molecule has 1 N–H and O–H groups in total. The molecule has 10 heteroatoms. The third-order valence-corrected chi connectivity index (χ3v) is 4.63. The Morgan fingerprint density at radius 3 is 2.65 bits per heavy atom. The molecule has 1 saturated heterocycles. The van der Waals surface area contributed by atoms with Gasteiger partial charge in [0.05, 0.1) is 26.0 Å². The summed E-state index contributed by atoms with van der Waals surface area (Å²) in [6, 6.07) is 11.2. The first kappa shape index (κ1) is 20.9. The number of alkyl halides is 3. The predicted octanol–water partition coefficient (Wildman–Crippen LogP) is 3.96. The quantitative estimate of drug-likeness (QED) is 0.606. The number of aromatic nitrogens is 3. The molecule has 0 unspecified atom stereocenters. The first-order chi connectivity index (χ1) is 14.9. The second-order valence-electron chi connectivity index (χ2n) is 6.78. The number of methoxy groups -OCH3 is 1. The Bertz CT molecular complexity index is 1040. The number of benzene rings is 1. The van der Waals surface area contributed by atoms with E-state index < -0.39 is 23.7 Å². The summed E-state index contributed by atoms with van der Waals surface area (Å²) in [6.45, 7) is 0.691. The SMILES string of the molecule is COc1cc(-c2ccccn2)ccc1CNc1ncc(C(F)(F)F)c(OC2COC2)n1. The lowest BCUT2D eigenvalue weighted by atomic mass is 10.1. The molecule has 0 atom stereocenters. The van der Waals surface area contributed by atoms with Crippen LogP contribution in [0.4, 0.5) is 19.1 Å². The van der Waals surface area contributed by atoms with E-state index in [4.69, 9.17) is 14.2 Å². The van der Waals surface area contributed by atoms with Crippen LogP contribution in [0, 0.1) is 0 Å². The Kier molecular flexibility index (Phi) is 5.90. The fraction of sp³-hybridized carbons (Fsp3) is 0.286. The maximum Gasteiger partial charge on any atom is 0.423 e. The van der Waals surface area contributed by atoms with Crippen LogP contribution in [0.2, 0.25) is 0 Å². The zero-order valence-corrected chi connectivity index (χ0v) is 16.5. The van der Waals surface area contributed by atoms with Gasteiger partial charge in [-0.1, -0.05) is 18.2 Å². The van der Waals surface area contributed by atoms with Gasteiger partial charge in [0, 0.05) is 30.1 Å². The summed E-state index contributed by atoms with van der Waals surface area (Å²) in [5.41, 5.74) is 1.43. The molecule has 1 fully saturated rings. The maximum atomic E-state index is 13.2. The monoisotopic (exact) mass is 432 g/mol. The summed E-state index contributed by atoms with van der Waals surface area (Å²) in [5.74, 6) is 0.0977. The highest BCUT2D eigenvalue weighted by molar-refractivity contribution is 5.62. The normalized spacial score (nSPS) is 14.1. The zero-order valence-electron chi connectivity index (χ0n) is 16.5. The minimum atomic E-state index is -4.62. The molecule has 0 aliphatic carbocycles. The minimum absolute atomic E-state index is 0.0131. The summed E-state index contributed by atoms with van der Waals surface area (Å²) in [4.78, 5) is 12.0. The molecule has 0 radical (unpaired) electrons. The van der Waals surface area contributed by atoms with Crippen molar-refractivity contribution < 1.29 is 27.4 Å². The lowest BCUT2D eigenvalue weighted by Crippen LogP contribution is -2.39. The van der Waals surface area contributed by atoms with Gasteiger partial charge >= 0.3 is 6.18 Å². The van der Waals surface area contributed by atoms with E-state index in [1.807, 2.05) is 36.4 Å². The van der Waals surface area contributed by atoms with Gasteiger partial charge in [-0.25, -0.2) is 4.98 Å². The van der Waals surface area contributed by atoms with Crippen molar-refractivity contribution in [3.8, 4) is 22.9 Å². The Morgan fingerprint density at radius 1 is 1.16 bits per heavy atom. The van der Waals surface area contributed by atoms with E-state index in [2.05, 4.69) is 20.3 Å². The molecule has 0 amide bonds. The summed E-state index contributed by atoms with van der Waals surface area (Å²) in [5, 5.41) is 2.93. The van der Waals surface area contributed by atoms with E-state index >= 15 is 0 Å². The molecule has 1 aromatic carbocycles. The second kappa shape index (κ2) is 8.76. The molecule has 31 heavy (non-hydrogen) atoms. The van der Waals surface area contributed by atoms with Gasteiger partial charge in [-0.05, 0) is 18.2 Å². The lowest BCUT2D eigenvalue weighted by molar-refractivity contribution is -0.142. The van der Waals surface area contributed by atoms with Crippen molar-refractivity contribution in [1.29, 1.82) is 0 Å². The molecule has 1 aliphatic heterocycles. The van der Waals surface area contributed by atoms with Crippen LogP contribution >= 0.6 is 0 Å². The van der Waals surface area contributed by atoms with Gasteiger partial charge in [0.2, 0.25) is 11.8 Å². The van der Waals surface area contributed by atoms with E-state index in [0.29, 0.717) is 11.9 Å². The third-order valence-electron chi connectivity index (χ3n) is 4.63. The molecule has 3 aromatic rings. The highest BCUT2D eigenvalue weighted by Crippen LogP contribution is 2.36. The van der Waals surface area contributed by atoms with Gasteiger partial charge in [-0.15, -0.1) is 0 Å². The average Bonchev–Trinajstić information content (AvgIpc) is 2.74. The van der Waals surface area contributed by atoms with Crippen LogP contribution < -0.4 is 14.8 Å². The number of anilines is 1. The summed E-state index contributed by atoms with van der Waals surface area (Å²) in [6.07, 6.45) is -2.66. The van der Waals surface area contributed by atoms with Crippen LogP contribution in [0.25, 0.3) is 11.3 Å². The molecule has 0 bridgehead atoms. The maximum absolute atomic E-state index is 13.2. The third kappa shape index (κ3) is 4.85. The number of ether oxygens (including phenoxy) is 3. The van der Waals surface area contributed by atoms with Crippen molar-refractivity contribution in [3.63, 3.8) is 0 Å². The van der Waals surface area contributed by atoms with E-state index in [1.165, 1.54) is 0 Å². The fourth-order valence-corrected chi connectivity index (χ4v) is 2.93. The second-order valence-corrected chi connectivity index (χ2v) is 6.78. The van der Waals surface area contributed by atoms with Crippen LogP contribution in [0.3, 0.4) is 0 Å². The summed E-state index contributed by atoms with van der Waals surface area (Å²) in [7, 11) is 1.54. The molecule has 0 spiro atoms. The first-order valence-corrected chi connectivity index (χ1v) is 9.45. The van der Waals surface area contributed by atoms with Crippen molar-refractivity contribution in [2.24, 2.45) is 0 Å². The van der Waals surface area contributed by atoms with Gasteiger partial charge in [-0.2, -0.15) is 18.2 Å². The smallest absolute Gasteiger partial charge is 0.423 e. The molecule has 3 heterocycles. The Balaban J connectivity index is 1.52. The topological polar surface area (TPSA) is 78.4 Å². The highest BCUT2D eigenvalue weighted by atomic mass is 19.4. The van der Waals surface area contributed by atoms with Gasteiger partial charge in [-0.3, -0.25) is 4.98 Å². The van der Waals surface area contributed by atoms with E-state index in [-0.39, 0.29) is 25.7 Å². The Morgan fingerprint density at radius 2 is 2.00 bits per heavy atom. The van der Waals surface area contributed by atoms with Crippen molar-refractivity contribution in [2.75, 3.05) is 25.6 Å². The van der Waals surface area contributed by atoms with Gasteiger partial charge in [0.1, 0.15) is 17.4 Å². The Hall–Kier alpha value is -3.40.